The number of amides is 2. The van der Waals surface area contributed by atoms with Crippen LogP contribution in [0, 0.1) is 0 Å². The van der Waals surface area contributed by atoms with Crippen LogP contribution in [0.3, 0.4) is 0 Å². The van der Waals surface area contributed by atoms with Crippen LogP contribution >= 0.6 is 0 Å². The number of benzene rings is 6. The van der Waals surface area contributed by atoms with E-state index < -0.39 is 24.3 Å². The fourth-order valence-electron chi connectivity index (χ4n) is 7.38. The lowest BCUT2D eigenvalue weighted by atomic mass is 9.87. The second-order valence-electron chi connectivity index (χ2n) is 13.3. The van der Waals surface area contributed by atoms with Gasteiger partial charge in [0.2, 0.25) is 12.2 Å². The highest BCUT2D eigenvalue weighted by molar-refractivity contribution is 5.92. The number of ether oxygens (including phenoxy) is 4. The summed E-state index contributed by atoms with van der Waals surface area (Å²) in [5, 5.41) is 4.33. The Morgan fingerprint density at radius 3 is 1.26 bits per heavy atom. The third kappa shape index (κ3) is 6.63. The Kier molecular flexibility index (Phi) is 9.73. The Hall–Kier alpha value is -6.54. The number of nitrogens with zero attached hydrogens (tertiary/aromatic N) is 2. The molecule has 0 N–H and O–H groups in total. The first kappa shape index (κ1) is 34.5. The molecule has 8 nitrogen and oxygen atoms in total. The molecule has 2 aliphatic rings. The van der Waals surface area contributed by atoms with Crippen molar-refractivity contribution in [2.24, 2.45) is 0 Å². The van der Waals surface area contributed by atoms with Crippen LogP contribution in [-0.2, 0) is 9.59 Å². The van der Waals surface area contributed by atoms with Crippen molar-refractivity contribution in [1.82, 2.24) is 9.80 Å². The zero-order valence-electron chi connectivity index (χ0n) is 29.8. The molecule has 0 spiro atoms. The zero-order chi connectivity index (χ0) is 37.0. The lowest BCUT2D eigenvalue weighted by Crippen LogP contribution is -2.66. The van der Waals surface area contributed by atoms with Gasteiger partial charge in [-0.15, -0.1) is 0 Å². The van der Waals surface area contributed by atoms with Crippen LogP contribution in [0.1, 0.15) is 23.2 Å². The molecule has 270 valence electrons. The molecular weight excluding hydrogens is 677 g/mol. The molecule has 8 rings (SSSR count). The average Bonchev–Trinajstić information content (AvgIpc) is 3.22. The summed E-state index contributed by atoms with van der Waals surface area (Å²) in [6, 6.07) is 42.6. The fourth-order valence-corrected chi connectivity index (χ4v) is 7.38. The van der Waals surface area contributed by atoms with E-state index in [-0.39, 0.29) is 11.8 Å². The van der Waals surface area contributed by atoms with Gasteiger partial charge in [0.25, 0.3) is 11.8 Å². The Labute approximate surface area is 314 Å². The minimum absolute atomic E-state index is 0.164. The first-order chi connectivity index (χ1) is 26.5. The number of fused-ring (bicyclic) bond motifs is 2. The monoisotopic (exact) mass is 716 g/mol. The van der Waals surface area contributed by atoms with Gasteiger partial charge in [0.1, 0.15) is 25.3 Å². The second kappa shape index (κ2) is 15.2. The molecule has 2 saturated heterocycles. The predicted octanol–water partition coefficient (Wildman–Crippen LogP) is 8.48. The molecule has 2 aliphatic heterocycles. The van der Waals surface area contributed by atoms with E-state index in [4.69, 9.17) is 18.9 Å². The molecule has 2 heterocycles. The van der Waals surface area contributed by atoms with Gasteiger partial charge in [0.05, 0.1) is 0 Å². The molecule has 2 fully saturated rings. The number of carbonyl (C=O) groups excluding carboxylic acids is 2. The third-order valence-corrected chi connectivity index (χ3v) is 10.0. The summed E-state index contributed by atoms with van der Waals surface area (Å²) < 4.78 is 24.6. The molecule has 0 bridgehead atoms. The van der Waals surface area contributed by atoms with Gasteiger partial charge in [-0.1, -0.05) is 122 Å². The van der Waals surface area contributed by atoms with E-state index in [1.165, 1.54) is 0 Å². The maximum atomic E-state index is 14.1. The minimum atomic E-state index is -0.786. The number of para-hydroxylation sites is 4. The Morgan fingerprint density at radius 2 is 0.852 bits per heavy atom. The lowest BCUT2D eigenvalue weighted by molar-refractivity contribution is -0.172. The van der Waals surface area contributed by atoms with Gasteiger partial charge in [-0.2, -0.15) is 0 Å². The average molecular weight is 717 g/mol. The standard InChI is InChI=1S/C46H40N2O6/c1-3-27-51-37-17-9-11-19-39(37)53-43-41(35-23-21-31-13-5-7-15-33(31)29-35)47(45(43)49)25-26-48-42(36-24-22-32-14-6-8-16-34(32)30-36)44(46(48)50)54-40-20-12-10-18-38(40)52-28-4-2/h3-24,29-30,41-44H,1-2,25-28H2/t41-,42-,43+,44+/m1/s1. The van der Waals surface area contributed by atoms with Gasteiger partial charge in [-0.3, -0.25) is 9.59 Å². The van der Waals surface area contributed by atoms with Gasteiger partial charge in [-0.25, -0.2) is 0 Å². The van der Waals surface area contributed by atoms with Crippen molar-refractivity contribution >= 4 is 33.4 Å². The molecule has 0 aromatic heterocycles. The highest BCUT2D eigenvalue weighted by Gasteiger charge is 2.53. The first-order valence-corrected chi connectivity index (χ1v) is 18.1. The topological polar surface area (TPSA) is 77.5 Å². The number of likely N-dealkylation sites (tertiary alicyclic amines) is 2. The summed E-state index contributed by atoms with van der Waals surface area (Å²) >= 11 is 0. The van der Waals surface area contributed by atoms with Crippen LogP contribution in [0.15, 0.2) is 159 Å². The van der Waals surface area contributed by atoms with Crippen molar-refractivity contribution in [3.63, 3.8) is 0 Å². The number of hydrogen-bond acceptors (Lipinski definition) is 6. The number of rotatable bonds is 15. The number of hydrogen-bond donors (Lipinski definition) is 0. The van der Waals surface area contributed by atoms with Crippen molar-refractivity contribution in [1.29, 1.82) is 0 Å². The number of β-lactam (4-membered cyclic amide) rings is 2. The molecule has 0 unspecified atom stereocenters. The predicted molar refractivity (Wildman–Crippen MR) is 210 cm³/mol. The quantitative estimate of drug-likeness (QED) is 0.0784. The number of carbonyl (C=O) groups is 2. The molecule has 0 aliphatic carbocycles. The van der Waals surface area contributed by atoms with Gasteiger partial charge in [-0.05, 0) is 69.1 Å². The maximum Gasteiger partial charge on any atom is 0.266 e. The zero-order valence-corrected chi connectivity index (χ0v) is 29.8. The smallest absolute Gasteiger partial charge is 0.266 e. The van der Waals surface area contributed by atoms with E-state index in [9.17, 15) is 9.59 Å². The SMILES string of the molecule is C=CCOc1ccccc1O[C@@H]1C(=O)N(CCN2C(=O)[C@@H](Oc3ccccc3OCC=C)[C@H]2c2ccc3ccccc3c2)[C@@H]1c1ccc2ccccc2c1. The van der Waals surface area contributed by atoms with Gasteiger partial charge < -0.3 is 28.7 Å². The molecule has 2 amide bonds. The molecule has 0 radical (unpaired) electrons. The van der Waals surface area contributed by atoms with Crippen LogP contribution < -0.4 is 18.9 Å². The molecule has 8 heteroatoms. The molecule has 6 aromatic carbocycles. The van der Waals surface area contributed by atoms with Gasteiger partial charge in [0, 0.05) is 13.1 Å². The van der Waals surface area contributed by atoms with E-state index in [2.05, 4.69) is 61.7 Å². The Bertz CT molecular complexity index is 2190. The molecule has 54 heavy (non-hydrogen) atoms. The van der Waals surface area contributed by atoms with Crippen molar-refractivity contribution in [2.75, 3.05) is 26.3 Å². The van der Waals surface area contributed by atoms with Gasteiger partial charge in [0.15, 0.2) is 23.0 Å². The highest BCUT2D eigenvalue weighted by Crippen LogP contribution is 2.43. The van der Waals surface area contributed by atoms with E-state index >= 15 is 0 Å². The minimum Gasteiger partial charge on any atom is -0.486 e. The van der Waals surface area contributed by atoms with Crippen LogP contribution in [0.4, 0.5) is 0 Å². The van der Waals surface area contributed by atoms with E-state index in [1.54, 1.807) is 34.1 Å². The summed E-state index contributed by atoms with van der Waals surface area (Å²) in [5.41, 5.74) is 1.89. The Balaban J connectivity index is 1.08. The molecule has 0 saturated carbocycles. The van der Waals surface area contributed by atoms with Crippen molar-refractivity contribution in [3.05, 3.63) is 170 Å². The Morgan fingerprint density at radius 1 is 0.481 bits per heavy atom. The molecular formula is C46H40N2O6. The largest absolute Gasteiger partial charge is 0.486 e. The van der Waals surface area contributed by atoms with Crippen molar-refractivity contribution < 1.29 is 28.5 Å². The summed E-state index contributed by atoms with van der Waals surface area (Å²) in [5.74, 6) is 1.70. The first-order valence-electron chi connectivity index (χ1n) is 18.1. The van der Waals surface area contributed by atoms with E-state index in [0.29, 0.717) is 49.3 Å². The lowest BCUT2D eigenvalue weighted by Gasteiger charge is -2.50. The van der Waals surface area contributed by atoms with Gasteiger partial charge >= 0.3 is 0 Å². The highest BCUT2D eigenvalue weighted by atomic mass is 16.5. The summed E-state index contributed by atoms with van der Waals surface area (Å²) in [7, 11) is 0. The van der Waals surface area contributed by atoms with E-state index in [0.717, 1.165) is 32.7 Å². The van der Waals surface area contributed by atoms with Crippen LogP contribution in [-0.4, -0.2) is 60.1 Å². The third-order valence-electron chi connectivity index (χ3n) is 10.0. The molecule has 6 aromatic rings. The summed E-state index contributed by atoms with van der Waals surface area (Å²) in [4.78, 5) is 31.7. The normalized spacial score (nSPS) is 19.2. The van der Waals surface area contributed by atoms with Crippen LogP contribution in [0.25, 0.3) is 21.5 Å². The maximum absolute atomic E-state index is 14.1. The van der Waals surface area contributed by atoms with Crippen LogP contribution in [0.2, 0.25) is 0 Å². The van der Waals surface area contributed by atoms with Crippen molar-refractivity contribution in [2.45, 2.75) is 24.3 Å². The van der Waals surface area contributed by atoms with Crippen LogP contribution in [0.5, 0.6) is 23.0 Å². The van der Waals surface area contributed by atoms with Crippen molar-refractivity contribution in [3.8, 4) is 23.0 Å². The fraction of sp³-hybridized carbons (Fsp3) is 0.174. The second-order valence-corrected chi connectivity index (χ2v) is 13.3. The molecule has 4 atom stereocenters. The summed E-state index contributed by atoms with van der Waals surface area (Å²) in [6.07, 6.45) is 1.76. The summed E-state index contributed by atoms with van der Waals surface area (Å²) in [6.45, 7) is 8.71. The van der Waals surface area contributed by atoms with E-state index in [1.807, 2.05) is 72.8 Å².